The van der Waals surface area contributed by atoms with E-state index >= 15 is 0 Å². The maximum Gasteiger partial charge on any atom is 0.239 e. The quantitative estimate of drug-likeness (QED) is 0.637. The zero-order chi connectivity index (χ0) is 20.3. The van der Waals surface area contributed by atoms with Crippen LogP contribution in [-0.2, 0) is 16.1 Å². The van der Waals surface area contributed by atoms with Crippen molar-refractivity contribution in [1.29, 1.82) is 0 Å². The zero-order valence-corrected chi connectivity index (χ0v) is 17.7. The van der Waals surface area contributed by atoms with Gasteiger partial charge in [0.25, 0.3) is 0 Å². The predicted molar refractivity (Wildman–Crippen MR) is 111 cm³/mol. The second-order valence-corrected chi connectivity index (χ2v) is 7.60. The number of methoxy groups -OCH3 is 2. The fraction of sp³-hybridized carbons (Fsp3) is 0.333. The molecule has 0 radical (unpaired) electrons. The molecule has 0 aromatic heterocycles. The van der Waals surface area contributed by atoms with Crippen molar-refractivity contribution in [3.63, 3.8) is 0 Å². The molecule has 0 saturated carbocycles. The molecule has 6 nitrogen and oxygen atoms in total. The summed E-state index contributed by atoms with van der Waals surface area (Å²) in [6, 6.07) is 13.0. The highest BCUT2D eigenvalue weighted by Crippen LogP contribution is 2.30. The molecule has 0 aliphatic carbocycles. The van der Waals surface area contributed by atoms with Crippen molar-refractivity contribution < 1.29 is 19.1 Å². The summed E-state index contributed by atoms with van der Waals surface area (Å²) < 4.78 is 11.5. The number of hydrogen-bond donors (Lipinski definition) is 0. The van der Waals surface area contributed by atoms with Gasteiger partial charge in [0.1, 0.15) is 17.4 Å². The van der Waals surface area contributed by atoms with Gasteiger partial charge in [0.15, 0.2) is 0 Å². The van der Waals surface area contributed by atoms with Gasteiger partial charge < -0.3 is 19.3 Å². The first-order chi connectivity index (χ1) is 13.4. The van der Waals surface area contributed by atoms with Crippen molar-refractivity contribution in [1.82, 2.24) is 4.90 Å². The summed E-state index contributed by atoms with van der Waals surface area (Å²) in [4.78, 5) is 29.0. The van der Waals surface area contributed by atoms with Crippen molar-refractivity contribution in [3.05, 3.63) is 52.5 Å². The normalized spacial score (nSPS) is 16.2. The maximum absolute atomic E-state index is 12.9. The minimum atomic E-state index is -0.659. The van der Waals surface area contributed by atoms with Crippen LogP contribution >= 0.6 is 15.9 Å². The number of nitrogens with zero attached hydrogens (tertiary/aromatic N) is 2. The van der Waals surface area contributed by atoms with Crippen LogP contribution in [0.4, 0.5) is 5.69 Å². The number of amides is 2. The van der Waals surface area contributed by atoms with Crippen LogP contribution in [0.15, 0.2) is 46.9 Å². The topological polar surface area (TPSA) is 59.1 Å². The van der Waals surface area contributed by atoms with E-state index in [0.717, 1.165) is 15.7 Å². The van der Waals surface area contributed by atoms with Crippen LogP contribution in [-0.4, -0.2) is 44.5 Å². The molecule has 0 bridgehead atoms. The Hall–Kier alpha value is -2.54. The van der Waals surface area contributed by atoms with E-state index in [1.54, 1.807) is 37.1 Å². The highest BCUT2D eigenvalue weighted by atomic mass is 79.9. The number of carbonyl (C=O) groups is 2. The molecule has 2 aromatic rings. The minimum absolute atomic E-state index is 0.156. The number of anilines is 1. The van der Waals surface area contributed by atoms with E-state index in [1.165, 1.54) is 0 Å². The average molecular weight is 447 g/mol. The van der Waals surface area contributed by atoms with Crippen LogP contribution in [0.25, 0.3) is 0 Å². The van der Waals surface area contributed by atoms with Gasteiger partial charge in [-0.05, 0) is 36.8 Å². The van der Waals surface area contributed by atoms with Gasteiger partial charge in [-0.15, -0.1) is 0 Å². The Kier molecular flexibility index (Phi) is 6.24. The molecule has 1 aliphatic heterocycles. The van der Waals surface area contributed by atoms with Gasteiger partial charge in [-0.3, -0.25) is 9.59 Å². The summed E-state index contributed by atoms with van der Waals surface area (Å²) in [6.45, 7) is 0.887. The minimum Gasteiger partial charge on any atom is -0.497 e. The van der Waals surface area contributed by atoms with E-state index in [-0.39, 0.29) is 11.8 Å². The molecule has 2 amide bonds. The number of hydrogen-bond acceptors (Lipinski definition) is 4. The Morgan fingerprint density at radius 2 is 2.00 bits per heavy atom. The van der Waals surface area contributed by atoms with Crippen molar-refractivity contribution in [2.75, 3.05) is 32.7 Å². The van der Waals surface area contributed by atoms with Crippen LogP contribution in [0.2, 0.25) is 0 Å². The van der Waals surface area contributed by atoms with Crippen molar-refractivity contribution in [2.24, 2.45) is 5.92 Å². The molecule has 1 unspecified atom stereocenters. The molecule has 1 aliphatic rings. The molecular formula is C21H23BrN2O4. The predicted octanol–water partition coefficient (Wildman–Crippen LogP) is 3.48. The number of rotatable bonds is 6. The standard InChI is InChI=1S/C21H23BrN2O4/c1-23(13-14-7-8-17(27-2)12-19(14)28-3)20(25)18-9-10-24(21(18)26)16-6-4-5-15(22)11-16/h4-8,11-12,18H,9-10,13H2,1-3H3. The lowest BCUT2D eigenvalue weighted by Gasteiger charge is -2.22. The molecule has 1 saturated heterocycles. The average Bonchev–Trinajstić information content (AvgIpc) is 3.08. The Morgan fingerprint density at radius 3 is 2.68 bits per heavy atom. The molecular weight excluding hydrogens is 424 g/mol. The lowest BCUT2D eigenvalue weighted by molar-refractivity contribution is -0.139. The van der Waals surface area contributed by atoms with E-state index in [2.05, 4.69) is 15.9 Å². The zero-order valence-electron chi connectivity index (χ0n) is 16.1. The Morgan fingerprint density at radius 1 is 1.21 bits per heavy atom. The van der Waals surface area contributed by atoms with Gasteiger partial charge in [-0.2, -0.15) is 0 Å². The number of halogens is 1. The van der Waals surface area contributed by atoms with E-state index < -0.39 is 5.92 Å². The van der Waals surface area contributed by atoms with Gasteiger partial charge in [0, 0.05) is 41.9 Å². The summed E-state index contributed by atoms with van der Waals surface area (Å²) in [5, 5.41) is 0. The molecule has 148 valence electrons. The van der Waals surface area contributed by atoms with Crippen LogP contribution < -0.4 is 14.4 Å². The Balaban J connectivity index is 1.71. The number of benzene rings is 2. The largest absolute Gasteiger partial charge is 0.497 e. The van der Waals surface area contributed by atoms with Gasteiger partial charge in [-0.1, -0.05) is 22.0 Å². The Labute approximate surface area is 173 Å². The van der Waals surface area contributed by atoms with E-state index in [0.29, 0.717) is 31.0 Å². The molecule has 1 fully saturated rings. The number of ether oxygens (including phenoxy) is 2. The molecule has 2 aromatic carbocycles. The third-order valence-corrected chi connectivity index (χ3v) is 5.39. The summed E-state index contributed by atoms with van der Waals surface area (Å²) >= 11 is 3.42. The summed E-state index contributed by atoms with van der Waals surface area (Å²) in [5.74, 6) is 0.336. The summed E-state index contributed by atoms with van der Waals surface area (Å²) in [7, 11) is 4.88. The maximum atomic E-state index is 12.9. The first-order valence-electron chi connectivity index (χ1n) is 8.97. The van der Waals surface area contributed by atoms with E-state index in [1.807, 2.05) is 36.4 Å². The van der Waals surface area contributed by atoms with Crippen molar-refractivity contribution >= 4 is 33.4 Å². The third-order valence-electron chi connectivity index (χ3n) is 4.90. The van der Waals surface area contributed by atoms with Gasteiger partial charge in [-0.25, -0.2) is 0 Å². The summed E-state index contributed by atoms with van der Waals surface area (Å²) in [5.41, 5.74) is 1.66. The molecule has 0 spiro atoms. The molecule has 1 heterocycles. The number of carbonyl (C=O) groups excluding carboxylic acids is 2. The Bertz CT molecular complexity index is 886. The van der Waals surface area contributed by atoms with Crippen molar-refractivity contribution in [3.8, 4) is 11.5 Å². The van der Waals surface area contributed by atoms with E-state index in [4.69, 9.17) is 9.47 Å². The second kappa shape index (κ2) is 8.65. The van der Waals surface area contributed by atoms with Crippen LogP contribution in [0, 0.1) is 5.92 Å². The molecule has 1 atom stereocenters. The lowest BCUT2D eigenvalue weighted by Crippen LogP contribution is -2.37. The smallest absolute Gasteiger partial charge is 0.239 e. The van der Waals surface area contributed by atoms with Gasteiger partial charge in [0.05, 0.1) is 14.2 Å². The lowest BCUT2D eigenvalue weighted by atomic mass is 10.1. The second-order valence-electron chi connectivity index (χ2n) is 6.68. The fourth-order valence-electron chi connectivity index (χ4n) is 3.39. The highest BCUT2D eigenvalue weighted by molar-refractivity contribution is 9.10. The summed E-state index contributed by atoms with van der Waals surface area (Å²) in [6.07, 6.45) is 0.508. The third kappa shape index (κ3) is 4.14. The molecule has 28 heavy (non-hydrogen) atoms. The van der Waals surface area contributed by atoms with Crippen LogP contribution in [0.1, 0.15) is 12.0 Å². The SMILES string of the molecule is COc1ccc(CN(C)C(=O)C2CCN(c3cccc(Br)c3)C2=O)c(OC)c1. The van der Waals surface area contributed by atoms with Gasteiger partial charge in [0.2, 0.25) is 11.8 Å². The monoisotopic (exact) mass is 446 g/mol. The van der Waals surface area contributed by atoms with Crippen LogP contribution in [0.3, 0.4) is 0 Å². The van der Waals surface area contributed by atoms with E-state index in [9.17, 15) is 9.59 Å². The van der Waals surface area contributed by atoms with Crippen LogP contribution in [0.5, 0.6) is 11.5 Å². The fourth-order valence-corrected chi connectivity index (χ4v) is 3.78. The first-order valence-corrected chi connectivity index (χ1v) is 9.76. The molecule has 7 heteroatoms. The highest BCUT2D eigenvalue weighted by Gasteiger charge is 2.39. The van der Waals surface area contributed by atoms with Crippen molar-refractivity contribution in [2.45, 2.75) is 13.0 Å². The first kappa shape index (κ1) is 20.2. The van der Waals surface area contributed by atoms with Gasteiger partial charge >= 0.3 is 0 Å². The molecule has 0 N–H and O–H groups in total. The molecule has 3 rings (SSSR count).